The summed E-state index contributed by atoms with van der Waals surface area (Å²) < 4.78 is 0. The predicted octanol–water partition coefficient (Wildman–Crippen LogP) is 2.46. The highest BCUT2D eigenvalue weighted by atomic mass is 16.1. The number of rotatable bonds is 4. The molecule has 1 heterocycles. The highest BCUT2D eigenvalue weighted by Crippen LogP contribution is 2.10. The van der Waals surface area contributed by atoms with Gasteiger partial charge in [-0.15, -0.1) is 0 Å². The van der Waals surface area contributed by atoms with Crippen LogP contribution in [0.3, 0.4) is 0 Å². The first-order valence-electron chi connectivity index (χ1n) is 4.99. The van der Waals surface area contributed by atoms with Crippen molar-refractivity contribution in [1.29, 1.82) is 0 Å². The average Bonchev–Trinajstić information content (AvgIpc) is 2.21. The molecule has 0 aliphatic heterocycles. The Morgan fingerprint density at radius 2 is 2.14 bits per heavy atom. The second kappa shape index (κ2) is 5.37. The van der Waals surface area contributed by atoms with Crippen LogP contribution < -0.4 is 5.32 Å². The first-order valence-corrected chi connectivity index (χ1v) is 4.99. The van der Waals surface area contributed by atoms with E-state index in [1.54, 1.807) is 12.3 Å². The number of hydrogen-bond acceptors (Lipinski definition) is 2. The molecule has 1 amide bonds. The van der Waals surface area contributed by atoms with Crippen molar-refractivity contribution in [2.45, 2.75) is 26.7 Å². The summed E-state index contributed by atoms with van der Waals surface area (Å²) in [5, 5.41) is 2.79. The van der Waals surface area contributed by atoms with Crippen molar-refractivity contribution in [3.8, 4) is 0 Å². The van der Waals surface area contributed by atoms with Crippen molar-refractivity contribution in [1.82, 2.24) is 4.98 Å². The molecule has 1 aromatic heterocycles. The van der Waals surface area contributed by atoms with Gasteiger partial charge >= 0.3 is 0 Å². The molecule has 0 radical (unpaired) electrons. The second-order valence-corrected chi connectivity index (χ2v) is 3.22. The van der Waals surface area contributed by atoms with Gasteiger partial charge < -0.3 is 5.32 Å². The minimum absolute atomic E-state index is 0.0636. The Morgan fingerprint density at radius 1 is 1.43 bits per heavy atom. The molecule has 14 heavy (non-hydrogen) atoms. The summed E-state index contributed by atoms with van der Waals surface area (Å²) in [4.78, 5) is 15.7. The van der Waals surface area contributed by atoms with Gasteiger partial charge in [0.2, 0.25) is 5.91 Å². The lowest BCUT2D eigenvalue weighted by Gasteiger charge is -2.11. The SMILES string of the molecule is CCC(CC)C(=O)Nc1ccccn1. The van der Waals surface area contributed by atoms with Gasteiger partial charge in [-0.25, -0.2) is 4.98 Å². The molecule has 1 rings (SSSR count). The molecule has 0 saturated carbocycles. The van der Waals surface area contributed by atoms with E-state index in [-0.39, 0.29) is 11.8 Å². The molecule has 1 N–H and O–H groups in total. The topological polar surface area (TPSA) is 42.0 Å². The summed E-state index contributed by atoms with van der Waals surface area (Å²) in [5.41, 5.74) is 0. The molecular formula is C11H16N2O. The largest absolute Gasteiger partial charge is 0.310 e. The van der Waals surface area contributed by atoms with Gasteiger partial charge in [-0.05, 0) is 25.0 Å². The Hall–Kier alpha value is -1.38. The van der Waals surface area contributed by atoms with Crippen LogP contribution in [0.2, 0.25) is 0 Å². The Balaban J connectivity index is 2.57. The molecule has 76 valence electrons. The Labute approximate surface area is 84.6 Å². The summed E-state index contributed by atoms with van der Waals surface area (Å²) in [5.74, 6) is 0.787. The van der Waals surface area contributed by atoms with E-state index in [4.69, 9.17) is 0 Å². The number of pyridine rings is 1. The fraction of sp³-hybridized carbons (Fsp3) is 0.455. The zero-order valence-electron chi connectivity index (χ0n) is 8.66. The van der Waals surface area contributed by atoms with E-state index in [2.05, 4.69) is 10.3 Å². The van der Waals surface area contributed by atoms with Crippen molar-refractivity contribution >= 4 is 11.7 Å². The van der Waals surface area contributed by atoms with E-state index in [0.29, 0.717) is 5.82 Å². The van der Waals surface area contributed by atoms with Crippen LogP contribution in [0.25, 0.3) is 0 Å². The van der Waals surface area contributed by atoms with Crippen LogP contribution >= 0.6 is 0 Å². The Kier molecular flexibility index (Phi) is 4.11. The first kappa shape index (κ1) is 10.7. The van der Waals surface area contributed by atoms with Gasteiger partial charge in [-0.2, -0.15) is 0 Å². The van der Waals surface area contributed by atoms with Crippen LogP contribution in [0.4, 0.5) is 5.82 Å². The standard InChI is InChI=1S/C11H16N2O/c1-3-9(4-2)11(14)13-10-7-5-6-8-12-10/h5-9H,3-4H2,1-2H3,(H,12,13,14). The average molecular weight is 192 g/mol. The number of anilines is 1. The molecule has 3 nitrogen and oxygen atoms in total. The van der Waals surface area contributed by atoms with Crippen molar-refractivity contribution in [3.63, 3.8) is 0 Å². The van der Waals surface area contributed by atoms with Gasteiger partial charge in [0.25, 0.3) is 0 Å². The normalized spacial score (nSPS) is 10.2. The van der Waals surface area contributed by atoms with E-state index >= 15 is 0 Å². The third kappa shape index (κ3) is 2.83. The van der Waals surface area contributed by atoms with Crippen LogP contribution in [0.5, 0.6) is 0 Å². The Bertz CT molecular complexity index is 281. The molecule has 0 fully saturated rings. The molecule has 0 atom stereocenters. The summed E-state index contributed by atoms with van der Waals surface area (Å²) in [6.07, 6.45) is 3.41. The highest BCUT2D eigenvalue weighted by molar-refractivity contribution is 5.91. The maximum absolute atomic E-state index is 11.6. The van der Waals surface area contributed by atoms with Crippen molar-refractivity contribution in [2.24, 2.45) is 5.92 Å². The number of nitrogens with zero attached hydrogens (tertiary/aromatic N) is 1. The van der Waals surface area contributed by atoms with Gasteiger partial charge in [0, 0.05) is 12.1 Å². The summed E-state index contributed by atoms with van der Waals surface area (Å²) in [7, 11) is 0. The van der Waals surface area contributed by atoms with Crippen molar-refractivity contribution in [3.05, 3.63) is 24.4 Å². The third-order valence-electron chi connectivity index (χ3n) is 2.27. The summed E-state index contributed by atoms with van der Waals surface area (Å²) in [6, 6.07) is 5.47. The predicted molar refractivity (Wildman–Crippen MR) is 56.9 cm³/mol. The third-order valence-corrected chi connectivity index (χ3v) is 2.27. The van der Waals surface area contributed by atoms with Gasteiger partial charge in [0.1, 0.15) is 5.82 Å². The summed E-state index contributed by atoms with van der Waals surface area (Å²) >= 11 is 0. The molecular weight excluding hydrogens is 176 g/mol. The van der Waals surface area contributed by atoms with Gasteiger partial charge in [0.05, 0.1) is 0 Å². The number of carbonyl (C=O) groups is 1. The lowest BCUT2D eigenvalue weighted by Crippen LogP contribution is -2.22. The van der Waals surface area contributed by atoms with Gasteiger partial charge in [-0.3, -0.25) is 4.79 Å². The number of nitrogens with one attached hydrogen (secondary N) is 1. The quantitative estimate of drug-likeness (QED) is 0.796. The van der Waals surface area contributed by atoms with E-state index in [1.807, 2.05) is 26.0 Å². The van der Waals surface area contributed by atoms with Crippen LogP contribution in [-0.4, -0.2) is 10.9 Å². The fourth-order valence-corrected chi connectivity index (χ4v) is 1.32. The van der Waals surface area contributed by atoms with Crippen LogP contribution in [0.1, 0.15) is 26.7 Å². The molecule has 0 saturated heterocycles. The fourth-order valence-electron chi connectivity index (χ4n) is 1.32. The molecule has 0 aromatic carbocycles. The molecule has 3 heteroatoms. The molecule has 1 aromatic rings. The lowest BCUT2D eigenvalue weighted by molar-refractivity contribution is -0.120. The minimum Gasteiger partial charge on any atom is -0.310 e. The van der Waals surface area contributed by atoms with E-state index in [0.717, 1.165) is 12.8 Å². The van der Waals surface area contributed by atoms with E-state index < -0.39 is 0 Å². The van der Waals surface area contributed by atoms with E-state index in [1.165, 1.54) is 0 Å². The molecule has 0 bridgehead atoms. The summed E-state index contributed by atoms with van der Waals surface area (Å²) in [6.45, 7) is 4.04. The van der Waals surface area contributed by atoms with Crippen molar-refractivity contribution in [2.75, 3.05) is 5.32 Å². The lowest BCUT2D eigenvalue weighted by atomic mass is 10.0. The number of carbonyl (C=O) groups excluding carboxylic acids is 1. The smallest absolute Gasteiger partial charge is 0.228 e. The molecule has 0 aliphatic rings. The maximum Gasteiger partial charge on any atom is 0.228 e. The zero-order valence-corrected chi connectivity index (χ0v) is 8.66. The first-order chi connectivity index (χ1) is 6.77. The number of aromatic nitrogens is 1. The number of hydrogen-bond donors (Lipinski definition) is 1. The monoisotopic (exact) mass is 192 g/mol. The maximum atomic E-state index is 11.6. The number of amides is 1. The van der Waals surface area contributed by atoms with Crippen LogP contribution in [0.15, 0.2) is 24.4 Å². The Morgan fingerprint density at radius 3 is 2.64 bits per heavy atom. The molecule has 0 spiro atoms. The molecule has 0 aliphatic carbocycles. The van der Waals surface area contributed by atoms with Crippen LogP contribution in [-0.2, 0) is 4.79 Å². The van der Waals surface area contributed by atoms with Gasteiger partial charge in [-0.1, -0.05) is 19.9 Å². The highest BCUT2D eigenvalue weighted by Gasteiger charge is 2.13. The minimum atomic E-state index is 0.0636. The second-order valence-electron chi connectivity index (χ2n) is 3.22. The molecule has 0 unspecified atom stereocenters. The van der Waals surface area contributed by atoms with Gasteiger partial charge in [0.15, 0.2) is 0 Å². The van der Waals surface area contributed by atoms with E-state index in [9.17, 15) is 4.79 Å². The zero-order chi connectivity index (χ0) is 10.4. The van der Waals surface area contributed by atoms with Crippen LogP contribution in [0, 0.1) is 5.92 Å². The van der Waals surface area contributed by atoms with Crippen molar-refractivity contribution < 1.29 is 4.79 Å².